The van der Waals surface area contributed by atoms with E-state index in [0.717, 1.165) is 31.6 Å². The first-order valence-electron chi connectivity index (χ1n) is 9.69. The largest absolute Gasteiger partial charge is 0.376 e. The smallest absolute Gasteiger partial charge is 0.180 e. The molecule has 0 bridgehead atoms. The van der Waals surface area contributed by atoms with Crippen LogP contribution in [0.25, 0.3) is 0 Å². The number of nitrogens with zero attached hydrogens (tertiary/aromatic N) is 1. The molecule has 0 aromatic carbocycles. The Hall–Kier alpha value is -0.200. The molecule has 0 unspecified atom stereocenters. The van der Waals surface area contributed by atoms with Crippen LogP contribution >= 0.6 is 0 Å². The van der Waals surface area contributed by atoms with E-state index < -0.39 is 0 Å². The molecule has 0 aromatic heterocycles. The summed E-state index contributed by atoms with van der Waals surface area (Å²) in [6.45, 7) is 15.6. The molecule has 5 nitrogen and oxygen atoms in total. The fourth-order valence-electron chi connectivity index (χ4n) is 3.47. The maximum atomic E-state index is 5.80. The van der Waals surface area contributed by atoms with E-state index in [-0.39, 0.29) is 12.4 Å². The highest BCUT2D eigenvalue weighted by atomic mass is 16.7. The third kappa shape index (κ3) is 7.36. The molecule has 0 N–H and O–H groups in total. The van der Waals surface area contributed by atoms with Crippen molar-refractivity contribution in [2.75, 3.05) is 52.7 Å². The summed E-state index contributed by atoms with van der Waals surface area (Å²) in [6.07, 6.45) is 2.70. The van der Waals surface area contributed by atoms with Gasteiger partial charge in [-0.15, -0.1) is 0 Å². The summed E-state index contributed by atoms with van der Waals surface area (Å²) >= 11 is 0. The van der Waals surface area contributed by atoms with E-state index in [1.54, 1.807) is 0 Å². The van der Waals surface area contributed by atoms with Crippen LogP contribution in [0.2, 0.25) is 0 Å². The summed E-state index contributed by atoms with van der Waals surface area (Å²) in [5.41, 5.74) is 0. The average Bonchev–Trinajstić information content (AvgIpc) is 2.56. The van der Waals surface area contributed by atoms with E-state index in [1.165, 1.54) is 25.9 Å². The van der Waals surface area contributed by atoms with E-state index in [1.807, 2.05) is 13.8 Å². The van der Waals surface area contributed by atoms with Gasteiger partial charge in [0, 0.05) is 12.5 Å². The molecule has 2 saturated heterocycles. The molecule has 5 heteroatoms. The quantitative estimate of drug-likeness (QED) is 0.602. The van der Waals surface area contributed by atoms with Crippen LogP contribution in [0.4, 0.5) is 0 Å². The van der Waals surface area contributed by atoms with Gasteiger partial charge in [-0.05, 0) is 51.6 Å². The summed E-state index contributed by atoms with van der Waals surface area (Å²) in [5, 5.41) is 0. The van der Waals surface area contributed by atoms with E-state index >= 15 is 0 Å². The molecule has 2 fully saturated rings. The van der Waals surface area contributed by atoms with Crippen LogP contribution in [0.5, 0.6) is 0 Å². The van der Waals surface area contributed by atoms with Crippen molar-refractivity contribution in [2.24, 2.45) is 17.8 Å². The van der Waals surface area contributed by atoms with Gasteiger partial charge < -0.3 is 23.8 Å². The van der Waals surface area contributed by atoms with Crippen LogP contribution in [-0.4, -0.2) is 70.0 Å². The summed E-state index contributed by atoms with van der Waals surface area (Å²) < 4.78 is 22.6. The van der Waals surface area contributed by atoms with Gasteiger partial charge in [0.15, 0.2) is 6.29 Å². The third-order valence-electron chi connectivity index (χ3n) is 5.06. The van der Waals surface area contributed by atoms with Crippen molar-refractivity contribution in [2.45, 2.75) is 52.9 Å². The van der Waals surface area contributed by atoms with Crippen LogP contribution in [0.1, 0.15) is 40.5 Å². The molecule has 0 radical (unpaired) electrons. The fraction of sp³-hybridized carbons (Fsp3) is 1.00. The number of piperidine rings is 1. The first kappa shape index (κ1) is 20.1. The summed E-state index contributed by atoms with van der Waals surface area (Å²) in [5.74, 6) is 2.21. The lowest BCUT2D eigenvalue weighted by molar-refractivity contribution is -0.224. The number of likely N-dealkylation sites (tertiary alicyclic amines) is 1. The molecule has 142 valence electrons. The molecule has 0 aliphatic carbocycles. The maximum absolute atomic E-state index is 5.80. The Balaban J connectivity index is 1.52. The predicted molar refractivity (Wildman–Crippen MR) is 95.1 cm³/mol. The Bertz CT molecular complexity index is 321. The fourth-order valence-corrected chi connectivity index (χ4v) is 3.47. The van der Waals surface area contributed by atoms with Gasteiger partial charge in [0.2, 0.25) is 0 Å². The number of hydrogen-bond donors (Lipinski definition) is 0. The Kier molecular flexibility index (Phi) is 8.98. The monoisotopic (exact) mass is 343 g/mol. The Morgan fingerprint density at radius 1 is 1.00 bits per heavy atom. The molecule has 2 rings (SSSR count). The summed E-state index contributed by atoms with van der Waals surface area (Å²) in [4.78, 5) is 2.58. The van der Waals surface area contributed by atoms with Gasteiger partial charge >= 0.3 is 0 Å². The Morgan fingerprint density at radius 2 is 1.67 bits per heavy atom. The van der Waals surface area contributed by atoms with Gasteiger partial charge in [-0.25, -0.2) is 0 Å². The van der Waals surface area contributed by atoms with Crippen molar-refractivity contribution < 1.29 is 18.9 Å². The molecule has 0 spiro atoms. The molecule has 2 heterocycles. The van der Waals surface area contributed by atoms with Gasteiger partial charge in [0.05, 0.1) is 39.1 Å². The summed E-state index contributed by atoms with van der Waals surface area (Å²) in [6, 6.07) is 0. The highest BCUT2D eigenvalue weighted by molar-refractivity contribution is 4.77. The molecule has 0 atom stereocenters. The van der Waals surface area contributed by atoms with Crippen molar-refractivity contribution in [1.29, 1.82) is 0 Å². The zero-order valence-electron chi connectivity index (χ0n) is 16.0. The normalized spacial score (nSPS) is 27.2. The molecule has 0 saturated carbocycles. The number of hydrogen-bond acceptors (Lipinski definition) is 5. The minimum atomic E-state index is -0.216. The standard InChI is InChI=1S/C19H37NO4/c1-15(2)18-5-7-20(8-6-18)11-17-12-23-19(24-13-17)14-21-9-10-22-16(3)4/h15-19H,5-14H2,1-4H3. The van der Waals surface area contributed by atoms with Crippen molar-refractivity contribution >= 4 is 0 Å². The lowest BCUT2D eigenvalue weighted by Gasteiger charge is -2.37. The second-order valence-corrected chi connectivity index (χ2v) is 7.84. The van der Waals surface area contributed by atoms with Crippen LogP contribution in [-0.2, 0) is 18.9 Å². The van der Waals surface area contributed by atoms with Crippen LogP contribution in [0, 0.1) is 17.8 Å². The van der Waals surface area contributed by atoms with Crippen LogP contribution in [0.15, 0.2) is 0 Å². The molecular weight excluding hydrogens is 306 g/mol. The number of ether oxygens (including phenoxy) is 4. The lowest BCUT2D eigenvalue weighted by Crippen LogP contribution is -2.44. The van der Waals surface area contributed by atoms with E-state index in [4.69, 9.17) is 18.9 Å². The highest BCUT2D eigenvalue weighted by Gasteiger charge is 2.27. The van der Waals surface area contributed by atoms with Crippen molar-refractivity contribution in [1.82, 2.24) is 4.90 Å². The minimum Gasteiger partial charge on any atom is -0.376 e. The Labute approximate surface area is 148 Å². The van der Waals surface area contributed by atoms with Gasteiger partial charge in [-0.1, -0.05) is 13.8 Å². The second-order valence-electron chi connectivity index (χ2n) is 7.84. The van der Waals surface area contributed by atoms with Crippen molar-refractivity contribution in [3.05, 3.63) is 0 Å². The highest BCUT2D eigenvalue weighted by Crippen LogP contribution is 2.25. The SMILES string of the molecule is CC(C)OCCOCC1OCC(CN2CCC(C(C)C)CC2)CO1. The molecule has 2 aliphatic rings. The van der Waals surface area contributed by atoms with Gasteiger partial charge in [-0.3, -0.25) is 0 Å². The molecule has 0 amide bonds. The average molecular weight is 344 g/mol. The first-order valence-corrected chi connectivity index (χ1v) is 9.69. The van der Waals surface area contributed by atoms with E-state index in [2.05, 4.69) is 18.7 Å². The van der Waals surface area contributed by atoms with Gasteiger partial charge in [0.1, 0.15) is 0 Å². The van der Waals surface area contributed by atoms with Gasteiger partial charge in [0.25, 0.3) is 0 Å². The van der Waals surface area contributed by atoms with Gasteiger partial charge in [-0.2, -0.15) is 0 Å². The van der Waals surface area contributed by atoms with Crippen molar-refractivity contribution in [3.8, 4) is 0 Å². The third-order valence-corrected chi connectivity index (χ3v) is 5.06. The maximum Gasteiger partial charge on any atom is 0.180 e. The predicted octanol–water partition coefficient (Wildman–Crippen LogP) is 2.79. The topological polar surface area (TPSA) is 40.2 Å². The zero-order chi connectivity index (χ0) is 17.4. The van der Waals surface area contributed by atoms with Crippen LogP contribution < -0.4 is 0 Å². The zero-order valence-corrected chi connectivity index (χ0v) is 16.0. The molecule has 2 aliphatic heterocycles. The molecular formula is C19H37NO4. The lowest BCUT2D eigenvalue weighted by atomic mass is 9.86. The number of rotatable bonds is 9. The molecule has 24 heavy (non-hydrogen) atoms. The minimum absolute atomic E-state index is 0.216. The first-order chi connectivity index (χ1) is 11.5. The van der Waals surface area contributed by atoms with E-state index in [9.17, 15) is 0 Å². The molecule has 0 aromatic rings. The van der Waals surface area contributed by atoms with Crippen LogP contribution in [0.3, 0.4) is 0 Å². The van der Waals surface area contributed by atoms with Crippen molar-refractivity contribution in [3.63, 3.8) is 0 Å². The Morgan fingerprint density at radius 3 is 2.25 bits per heavy atom. The second kappa shape index (κ2) is 10.7. The summed E-state index contributed by atoms with van der Waals surface area (Å²) in [7, 11) is 0. The van der Waals surface area contributed by atoms with E-state index in [0.29, 0.717) is 25.7 Å².